The van der Waals surface area contributed by atoms with Crippen LogP contribution in [0.4, 0.5) is 0 Å². The molecule has 4 nitrogen and oxygen atoms in total. The van der Waals surface area contributed by atoms with E-state index in [1.807, 2.05) is 30.8 Å². The van der Waals surface area contributed by atoms with E-state index in [9.17, 15) is 4.79 Å². The number of benzene rings is 1. The second-order valence-corrected chi connectivity index (χ2v) is 9.19. The number of aromatic nitrogens is 2. The Morgan fingerprint density at radius 1 is 1.04 bits per heavy atom. The van der Waals surface area contributed by atoms with Crippen molar-refractivity contribution in [2.75, 3.05) is 0 Å². The van der Waals surface area contributed by atoms with E-state index >= 15 is 0 Å². The van der Waals surface area contributed by atoms with Gasteiger partial charge in [0, 0.05) is 24.2 Å². The summed E-state index contributed by atoms with van der Waals surface area (Å²) in [6.45, 7) is 4.14. The van der Waals surface area contributed by atoms with E-state index in [4.69, 9.17) is 0 Å². The Labute approximate surface area is 161 Å². The van der Waals surface area contributed by atoms with E-state index in [1.54, 1.807) is 0 Å². The van der Waals surface area contributed by atoms with Gasteiger partial charge in [0.05, 0.1) is 5.69 Å². The van der Waals surface area contributed by atoms with Crippen molar-refractivity contribution in [1.82, 2.24) is 15.1 Å². The van der Waals surface area contributed by atoms with Crippen LogP contribution in [0.1, 0.15) is 53.7 Å². The smallest absolute Gasteiger partial charge is 0.272 e. The average molecular weight is 364 g/mol. The van der Waals surface area contributed by atoms with Crippen LogP contribution in [-0.4, -0.2) is 21.7 Å². The highest BCUT2D eigenvalue weighted by Gasteiger charge is 2.48. The van der Waals surface area contributed by atoms with Crippen molar-refractivity contribution in [2.24, 2.45) is 30.7 Å². The van der Waals surface area contributed by atoms with E-state index in [0.717, 1.165) is 28.7 Å². The highest BCUT2D eigenvalue weighted by Crippen LogP contribution is 2.53. The monoisotopic (exact) mass is 363 g/mol. The van der Waals surface area contributed by atoms with Crippen LogP contribution in [0.2, 0.25) is 0 Å². The molecule has 4 fully saturated rings. The van der Waals surface area contributed by atoms with Gasteiger partial charge in [-0.2, -0.15) is 5.10 Å². The zero-order chi connectivity index (χ0) is 18.7. The lowest BCUT2D eigenvalue weighted by Crippen LogP contribution is -2.55. The molecule has 0 atom stereocenters. The average Bonchev–Trinajstić information content (AvgIpc) is 2.92. The second-order valence-electron chi connectivity index (χ2n) is 9.19. The maximum atomic E-state index is 13.2. The first-order valence-electron chi connectivity index (χ1n) is 10.4. The van der Waals surface area contributed by atoms with Gasteiger partial charge >= 0.3 is 0 Å². The van der Waals surface area contributed by atoms with E-state index < -0.39 is 0 Å². The van der Waals surface area contributed by atoms with Crippen LogP contribution in [0.15, 0.2) is 24.3 Å². The lowest BCUT2D eigenvalue weighted by atomic mass is 9.54. The Morgan fingerprint density at radius 3 is 2.30 bits per heavy atom. The van der Waals surface area contributed by atoms with Crippen molar-refractivity contribution in [2.45, 2.75) is 52.0 Å². The summed E-state index contributed by atoms with van der Waals surface area (Å²) in [5, 5.41) is 8.03. The molecule has 0 spiro atoms. The predicted molar refractivity (Wildman–Crippen MR) is 106 cm³/mol. The van der Waals surface area contributed by atoms with Gasteiger partial charge in [0.2, 0.25) is 0 Å². The molecule has 4 aliphatic carbocycles. The second kappa shape index (κ2) is 6.22. The number of rotatable bonds is 3. The van der Waals surface area contributed by atoms with E-state index in [0.29, 0.717) is 23.6 Å². The number of carbonyl (C=O) groups is 1. The van der Waals surface area contributed by atoms with Crippen LogP contribution in [-0.2, 0) is 7.05 Å². The van der Waals surface area contributed by atoms with Crippen LogP contribution in [0.5, 0.6) is 0 Å². The van der Waals surface area contributed by atoms with Gasteiger partial charge in [0.1, 0.15) is 0 Å². The highest BCUT2D eigenvalue weighted by molar-refractivity contribution is 5.95. The SMILES string of the molecule is Cc1ccccc1-c1c(C)c(C(=O)NC2C3CC4CC(C3)CC2C4)nn1C. The summed E-state index contributed by atoms with van der Waals surface area (Å²) < 4.78 is 1.86. The number of carbonyl (C=O) groups excluding carboxylic acids is 1. The van der Waals surface area contributed by atoms with Crippen molar-refractivity contribution in [3.8, 4) is 11.3 Å². The van der Waals surface area contributed by atoms with Gasteiger partial charge in [-0.15, -0.1) is 0 Å². The first-order chi connectivity index (χ1) is 13.0. The summed E-state index contributed by atoms with van der Waals surface area (Å²) >= 11 is 0. The zero-order valence-corrected chi connectivity index (χ0v) is 16.5. The van der Waals surface area contributed by atoms with Crippen LogP contribution < -0.4 is 5.32 Å². The predicted octanol–water partition coefficient (Wildman–Crippen LogP) is 4.26. The molecule has 1 heterocycles. The van der Waals surface area contributed by atoms with E-state index in [1.165, 1.54) is 37.7 Å². The van der Waals surface area contributed by atoms with Crippen molar-refractivity contribution >= 4 is 5.91 Å². The van der Waals surface area contributed by atoms with Gasteiger partial charge in [0.25, 0.3) is 5.91 Å². The molecule has 4 heteroatoms. The van der Waals surface area contributed by atoms with Crippen LogP contribution in [0.3, 0.4) is 0 Å². The molecular formula is C23H29N3O. The number of amides is 1. The molecule has 0 unspecified atom stereocenters. The molecule has 4 aliphatic rings. The molecule has 1 N–H and O–H groups in total. The summed E-state index contributed by atoms with van der Waals surface area (Å²) in [6, 6.07) is 8.66. The van der Waals surface area contributed by atoms with Gasteiger partial charge < -0.3 is 5.32 Å². The number of nitrogens with one attached hydrogen (secondary N) is 1. The summed E-state index contributed by atoms with van der Waals surface area (Å²) in [5.74, 6) is 3.23. The van der Waals surface area contributed by atoms with Crippen LogP contribution in [0, 0.1) is 37.5 Å². The number of aryl methyl sites for hydroxylation is 2. The molecule has 0 saturated heterocycles. The third-order valence-electron chi connectivity index (χ3n) is 7.42. The lowest BCUT2D eigenvalue weighted by Gasteiger charge is -2.54. The van der Waals surface area contributed by atoms with Gasteiger partial charge in [-0.1, -0.05) is 24.3 Å². The first kappa shape index (κ1) is 17.0. The third kappa shape index (κ3) is 2.72. The Bertz CT molecular complexity index is 869. The molecule has 2 aromatic rings. The van der Waals surface area contributed by atoms with E-state index in [2.05, 4.69) is 29.5 Å². The summed E-state index contributed by atoms with van der Waals surface area (Å²) in [5.41, 5.74) is 4.97. The molecule has 4 saturated carbocycles. The summed E-state index contributed by atoms with van der Waals surface area (Å²) in [4.78, 5) is 13.2. The summed E-state index contributed by atoms with van der Waals surface area (Å²) in [7, 11) is 1.94. The van der Waals surface area contributed by atoms with Crippen LogP contribution in [0.25, 0.3) is 11.3 Å². The molecule has 1 amide bonds. The molecule has 0 radical (unpaired) electrons. The minimum absolute atomic E-state index is 0.0143. The maximum absolute atomic E-state index is 13.2. The fourth-order valence-corrected chi connectivity index (χ4v) is 6.44. The lowest BCUT2D eigenvalue weighted by molar-refractivity contribution is -0.0120. The molecule has 27 heavy (non-hydrogen) atoms. The molecule has 1 aromatic carbocycles. The van der Waals surface area contributed by atoms with Crippen molar-refractivity contribution in [3.05, 3.63) is 41.1 Å². The van der Waals surface area contributed by atoms with Crippen LogP contribution >= 0.6 is 0 Å². The third-order valence-corrected chi connectivity index (χ3v) is 7.42. The van der Waals surface area contributed by atoms with E-state index in [-0.39, 0.29) is 5.91 Å². The Kier molecular flexibility index (Phi) is 3.92. The molecule has 4 bridgehead atoms. The first-order valence-corrected chi connectivity index (χ1v) is 10.4. The van der Waals surface area contributed by atoms with Gasteiger partial charge in [0.15, 0.2) is 5.69 Å². The minimum atomic E-state index is 0.0143. The Morgan fingerprint density at radius 2 is 1.67 bits per heavy atom. The van der Waals surface area contributed by atoms with Crippen molar-refractivity contribution in [3.63, 3.8) is 0 Å². The fraction of sp³-hybridized carbons (Fsp3) is 0.565. The molecule has 142 valence electrons. The maximum Gasteiger partial charge on any atom is 0.272 e. The molecule has 0 aliphatic heterocycles. The normalized spacial score (nSPS) is 31.3. The van der Waals surface area contributed by atoms with Gasteiger partial charge in [-0.25, -0.2) is 0 Å². The number of hydrogen-bond donors (Lipinski definition) is 1. The number of nitrogens with zero attached hydrogens (tertiary/aromatic N) is 2. The standard InChI is InChI=1S/C23H29N3O/c1-13-6-4-5-7-19(13)22-14(2)20(25-26(22)3)23(27)24-21-17-9-15-8-16(11-17)12-18(21)10-15/h4-7,15-18,21H,8-12H2,1-3H3,(H,24,27). The zero-order valence-electron chi connectivity index (χ0n) is 16.5. The highest BCUT2D eigenvalue weighted by atomic mass is 16.2. The van der Waals surface area contributed by atoms with Crippen molar-refractivity contribution < 1.29 is 4.79 Å². The molecular weight excluding hydrogens is 334 g/mol. The topological polar surface area (TPSA) is 46.9 Å². The molecule has 1 aromatic heterocycles. The van der Waals surface area contributed by atoms with Gasteiger partial charge in [-0.3, -0.25) is 9.48 Å². The number of hydrogen-bond acceptors (Lipinski definition) is 2. The fourth-order valence-electron chi connectivity index (χ4n) is 6.44. The Hall–Kier alpha value is -2.10. The summed E-state index contributed by atoms with van der Waals surface area (Å²) in [6.07, 6.45) is 6.69. The Balaban J connectivity index is 1.42. The molecule has 6 rings (SSSR count). The quantitative estimate of drug-likeness (QED) is 0.886. The van der Waals surface area contributed by atoms with Crippen molar-refractivity contribution in [1.29, 1.82) is 0 Å². The largest absolute Gasteiger partial charge is 0.347 e. The minimum Gasteiger partial charge on any atom is -0.347 e. The van der Waals surface area contributed by atoms with Gasteiger partial charge in [-0.05, 0) is 75.2 Å².